The van der Waals surface area contributed by atoms with Crippen molar-refractivity contribution in [1.82, 2.24) is 4.57 Å². The highest BCUT2D eigenvalue weighted by molar-refractivity contribution is 4.72. The Morgan fingerprint density at radius 1 is 0.600 bits per heavy atom. The number of imidazole rings is 1. The van der Waals surface area contributed by atoms with Crippen molar-refractivity contribution in [3.63, 3.8) is 0 Å². The molecule has 176 valence electrons. The first-order valence-corrected chi connectivity index (χ1v) is 13.8. The van der Waals surface area contributed by atoms with Gasteiger partial charge in [0.1, 0.15) is 12.4 Å². The van der Waals surface area contributed by atoms with E-state index >= 15 is 0 Å². The third kappa shape index (κ3) is 15.1. The molecule has 0 saturated carbocycles. The molecule has 2 heteroatoms. The van der Waals surface area contributed by atoms with E-state index in [0.717, 1.165) is 0 Å². The first-order valence-electron chi connectivity index (χ1n) is 13.8. The molecule has 1 rings (SSSR count). The van der Waals surface area contributed by atoms with Gasteiger partial charge in [-0.25, -0.2) is 9.13 Å². The summed E-state index contributed by atoms with van der Waals surface area (Å²) in [6.45, 7) is 8.16. The Morgan fingerprint density at radius 2 is 1.03 bits per heavy atom. The van der Waals surface area contributed by atoms with Crippen LogP contribution in [0.2, 0.25) is 0 Å². The summed E-state index contributed by atoms with van der Waals surface area (Å²) in [5.74, 6) is 0. The van der Waals surface area contributed by atoms with Crippen molar-refractivity contribution in [2.24, 2.45) is 0 Å². The first-order chi connectivity index (χ1) is 14.8. The highest BCUT2D eigenvalue weighted by atomic mass is 15.1. The number of rotatable bonds is 22. The lowest BCUT2D eigenvalue weighted by molar-refractivity contribution is -0.697. The maximum Gasteiger partial charge on any atom is 0.243 e. The summed E-state index contributed by atoms with van der Waals surface area (Å²) in [5.41, 5.74) is 0. The summed E-state index contributed by atoms with van der Waals surface area (Å²) in [6, 6.07) is 0.642. The molecule has 0 radical (unpaired) electrons. The minimum atomic E-state index is 0.642. The van der Waals surface area contributed by atoms with Crippen LogP contribution in [0.25, 0.3) is 0 Å². The van der Waals surface area contributed by atoms with Crippen LogP contribution in [0.3, 0.4) is 0 Å². The van der Waals surface area contributed by atoms with Crippen molar-refractivity contribution < 1.29 is 4.57 Å². The molecule has 1 aromatic rings. The quantitative estimate of drug-likeness (QED) is 0.131. The summed E-state index contributed by atoms with van der Waals surface area (Å²) in [4.78, 5) is 0. The van der Waals surface area contributed by atoms with Gasteiger partial charge in [0.05, 0.1) is 12.6 Å². The van der Waals surface area contributed by atoms with Crippen molar-refractivity contribution >= 4 is 0 Å². The Bertz CT molecular complexity index is 465. The van der Waals surface area contributed by atoms with E-state index in [-0.39, 0.29) is 0 Å². The Labute approximate surface area is 189 Å². The molecule has 0 fully saturated rings. The van der Waals surface area contributed by atoms with Crippen molar-refractivity contribution in [3.8, 4) is 0 Å². The van der Waals surface area contributed by atoms with Gasteiger partial charge in [0.2, 0.25) is 6.33 Å². The zero-order valence-electron chi connectivity index (χ0n) is 21.1. The van der Waals surface area contributed by atoms with Gasteiger partial charge in [0.15, 0.2) is 0 Å². The lowest BCUT2D eigenvalue weighted by Crippen LogP contribution is -2.31. The molecule has 1 atom stereocenters. The number of aryl methyl sites for hydroxylation is 1. The van der Waals surface area contributed by atoms with Crippen molar-refractivity contribution in [2.75, 3.05) is 0 Å². The number of hydrogen-bond donors (Lipinski definition) is 0. The summed E-state index contributed by atoms with van der Waals surface area (Å²) in [6.07, 6.45) is 35.2. The fraction of sp³-hybridized carbons (Fsp3) is 0.893. The number of unbranched alkanes of at least 4 members (excludes halogenated alkanes) is 17. The van der Waals surface area contributed by atoms with Gasteiger partial charge in [0.25, 0.3) is 0 Å². The van der Waals surface area contributed by atoms with Crippen LogP contribution in [0.4, 0.5) is 0 Å². The zero-order valence-corrected chi connectivity index (χ0v) is 21.1. The van der Waals surface area contributed by atoms with E-state index in [9.17, 15) is 0 Å². The SMILES string of the molecule is CCCCCCCCCCCCCCC(C)n1cc[n+](CCCCCCCCC)c1. The number of nitrogens with zero attached hydrogens (tertiary/aromatic N) is 2. The lowest BCUT2D eigenvalue weighted by Gasteiger charge is -2.08. The average Bonchev–Trinajstić information content (AvgIpc) is 3.23. The Kier molecular flexibility index (Phi) is 18.3. The Morgan fingerprint density at radius 3 is 1.53 bits per heavy atom. The molecule has 0 aliphatic carbocycles. The first kappa shape index (κ1) is 27.2. The van der Waals surface area contributed by atoms with Gasteiger partial charge in [-0.2, -0.15) is 0 Å². The molecule has 0 aliphatic heterocycles. The maximum absolute atomic E-state index is 2.43. The second-order valence-corrected chi connectivity index (χ2v) is 9.75. The van der Waals surface area contributed by atoms with Crippen molar-refractivity contribution in [2.45, 2.75) is 162 Å². The van der Waals surface area contributed by atoms with E-state index < -0.39 is 0 Å². The third-order valence-corrected chi connectivity index (χ3v) is 6.72. The monoisotopic (exact) mass is 419 g/mol. The van der Waals surface area contributed by atoms with Crippen molar-refractivity contribution in [1.29, 1.82) is 0 Å². The molecule has 0 bridgehead atoms. The summed E-state index contributed by atoms with van der Waals surface area (Å²) < 4.78 is 4.82. The summed E-state index contributed by atoms with van der Waals surface area (Å²) in [5, 5.41) is 0. The van der Waals surface area contributed by atoms with E-state index in [0.29, 0.717) is 6.04 Å². The van der Waals surface area contributed by atoms with Gasteiger partial charge >= 0.3 is 0 Å². The molecule has 1 aromatic heterocycles. The number of aromatic nitrogens is 2. The van der Waals surface area contributed by atoms with E-state index in [1.54, 1.807) is 0 Å². The van der Waals surface area contributed by atoms with Crippen LogP contribution in [-0.4, -0.2) is 4.57 Å². The molecule has 2 nitrogen and oxygen atoms in total. The largest absolute Gasteiger partial charge is 0.243 e. The molecule has 30 heavy (non-hydrogen) atoms. The standard InChI is InChI=1S/C28H55N2/c1-4-6-8-10-12-13-14-15-16-17-19-21-23-28(3)30-26-25-29(27-30)24-22-20-18-11-9-7-5-2/h25-28H,4-24H2,1-3H3/q+1. The van der Waals surface area contributed by atoms with Crippen LogP contribution in [0.5, 0.6) is 0 Å². The second-order valence-electron chi connectivity index (χ2n) is 9.75. The zero-order chi connectivity index (χ0) is 21.7. The Hall–Kier alpha value is -0.790. The van der Waals surface area contributed by atoms with Crippen LogP contribution in [0.1, 0.15) is 155 Å². The van der Waals surface area contributed by atoms with E-state index in [2.05, 4.69) is 48.6 Å². The highest BCUT2D eigenvalue weighted by Crippen LogP contribution is 2.17. The topological polar surface area (TPSA) is 8.81 Å². The highest BCUT2D eigenvalue weighted by Gasteiger charge is 2.11. The maximum atomic E-state index is 2.43. The van der Waals surface area contributed by atoms with E-state index in [1.807, 2.05) is 0 Å². The molecule has 0 amide bonds. The van der Waals surface area contributed by atoms with Gasteiger partial charge in [0, 0.05) is 0 Å². The third-order valence-electron chi connectivity index (χ3n) is 6.72. The van der Waals surface area contributed by atoms with Gasteiger partial charge in [-0.05, 0) is 32.6 Å². The van der Waals surface area contributed by atoms with Gasteiger partial charge in [-0.1, -0.05) is 117 Å². The minimum absolute atomic E-state index is 0.642. The van der Waals surface area contributed by atoms with Crippen LogP contribution in [0.15, 0.2) is 18.7 Å². The molecule has 0 saturated heterocycles. The number of hydrogen-bond acceptors (Lipinski definition) is 0. The Balaban J connectivity index is 1.95. The fourth-order valence-electron chi connectivity index (χ4n) is 4.49. The minimum Gasteiger partial charge on any atom is -0.237 e. The fourth-order valence-corrected chi connectivity index (χ4v) is 4.49. The predicted octanol–water partition coefficient (Wildman–Crippen LogP) is 9.18. The second kappa shape index (κ2) is 20.1. The summed E-state index contributed by atoms with van der Waals surface area (Å²) >= 11 is 0. The molecule has 0 aromatic carbocycles. The van der Waals surface area contributed by atoms with Crippen LogP contribution in [-0.2, 0) is 6.54 Å². The molecular formula is C28H55N2+. The molecule has 1 unspecified atom stereocenters. The molecule has 0 aliphatic rings. The predicted molar refractivity (Wildman–Crippen MR) is 133 cm³/mol. The normalized spacial score (nSPS) is 12.5. The van der Waals surface area contributed by atoms with Crippen LogP contribution >= 0.6 is 0 Å². The molecular weight excluding hydrogens is 364 g/mol. The smallest absolute Gasteiger partial charge is 0.237 e. The summed E-state index contributed by atoms with van der Waals surface area (Å²) in [7, 11) is 0. The lowest BCUT2D eigenvalue weighted by atomic mass is 10.0. The van der Waals surface area contributed by atoms with Crippen molar-refractivity contribution in [3.05, 3.63) is 18.7 Å². The van der Waals surface area contributed by atoms with Gasteiger partial charge in [-0.15, -0.1) is 0 Å². The average molecular weight is 420 g/mol. The van der Waals surface area contributed by atoms with E-state index in [4.69, 9.17) is 0 Å². The van der Waals surface area contributed by atoms with Gasteiger partial charge in [-0.3, -0.25) is 0 Å². The molecule has 0 spiro atoms. The molecule has 0 N–H and O–H groups in total. The molecule has 1 heterocycles. The van der Waals surface area contributed by atoms with Gasteiger partial charge < -0.3 is 0 Å². The van der Waals surface area contributed by atoms with Crippen LogP contribution < -0.4 is 4.57 Å². The van der Waals surface area contributed by atoms with Crippen LogP contribution in [0, 0.1) is 0 Å². The van der Waals surface area contributed by atoms with E-state index in [1.165, 1.54) is 135 Å².